The van der Waals surface area contributed by atoms with E-state index in [1.807, 2.05) is 0 Å². The van der Waals surface area contributed by atoms with Crippen LogP contribution >= 0.6 is 0 Å². The summed E-state index contributed by atoms with van der Waals surface area (Å²) in [6.45, 7) is 2.15. The molecule has 1 heterocycles. The molecule has 42 heavy (non-hydrogen) atoms. The van der Waals surface area contributed by atoms with Crippen LogP contribution in [0.2, 0.25) is 0 Å². The predicted molar refractivity (Wildman–Crippen MR) is 163 cm³/mol. The van der Waals surface area contributed by atoms with Gasteiger partial charge in [-0.05, 0) is 56.7 Å². The third kappa shape index (κ3) is 11.1. The summed E-state index contributed by atoms with van der Waals surface area (Å²) < 4.78 is 5.35. The standard InChI is InChI=1S/C18H30O2.C15H10O7/c1-2-3-4-5-6-7-8-9-10-11-12-13-14-15-16-17-18(19)20;16-7-4-10(19)12-11(5-7)22-15(14(21)13(12)20)6-1-2-8(17)9(18)3-6/h3-4,6-7,9-10H,2,5,8,11-17H2,1H3,(H,19,20);1-5,16-19,21H/b4-3-,7-6-,10-9-;. The lowest BCUT2D eigenvalue weighted by Crippen LogP contribution is -2.02. The fourth-order valence-corrected chi connectivity index (χ4v) is 4.03. The number of carboxylic acid groups (broad SMARTS) is 1. The number of hydrogen-bond donors (Lipinski definition) is 6. The number of phenols is 4. The van der Waals surface area contributed by atoms with Crippen LogP contribution in [0, 0.1) is 0 Å². The molecule has 3 rings (SSSR count). The third-order valence-electron chi connectivity index (χ3n) is 6.21. The molecule has 0 saturated heterocycles. The summed E-state index contributed by atoms with van der Waals surface area (Å²) in [5, 5.41) is 56.1. The van der Waals surface area contributed by atoms with Crippen molar-refractivity contribution in [2.75, 3.05) is 0 Å². The van der Waals surface area contributed by atoms with Gasteiger partial charge in [-0.3, -0.25) is 9.59 Å². The smallest absolute Gasteiger partial charge is 0.303 e. The minimum absolute atomic E-state index is 0.134. The molecule has 0 radical (unpaired) electrons. The topological polar surface area (TPSA) is 169 Å². The molecule has 1 aromatic heterocycles. The van der Waals surface area contributed by atoms with Crippen LogP contribution in [-0.4, -0.2) is 36.6 Å². The zero-order valence-electron chi connectivity index (χ0n) is 23.8. The molecule has 0 unspecified atom stereocenters. The monoisotopic (exact) mass is 580 g/mol. The van der Waals surface area contributed by atoms with Crippen LogP contribution in [0.5, 0.6) is 28.7 Å². The maximum Gasteiger partial charge on any atom is 0.303 e. The second-order valence-electron chi connectivity index (χ2n) is 9.64. The quantitative estimate of drug-likeness (QED) is 0.0637. The molecule has 0 aliphatic heterocycles. The van der Waals surface area contributed by atoms with Gasteiger partial charge in [-0.25, -0.2) is 0 Å². The number of aliphatic carboxylic acids is 1. The van der Waals surface area contributed by atoms with Crippen molar-refractivity contribution in [3.8, 4) is 40.1 Å². The number of phenolic OH excluding ortho intramolecular Hbond substituents is 4. The molecule has 0 amide bonds. The molecule has 0 atom stereocenters. The second kappa shape index (κ2) is 17.9. The Morgan fingerprint density at radius 1 is 0.762 bits per heavy atom. The van der Waals surface area contributed by atoms with Gasteiger partial charge in [0.25, 0.3) is 0 Å². The molecule has 0 saturated carbocycles. The number of hydrogen-bond acceptors (Lipinski definition) is 8. The van der Waals surface area contributed by atoms with Gasteiger partial charge in [-0.2, -0.15) is 0 Å². The molecule has 0 aliphatic carbocycles. The van der Waals surface area contributed by atoms with Crippen molar-refractivity contribution in [3.05, 3.63) is 77.0 Å². The third-order valence-corrected chi connectivity index (χ3v) is 6.21. The predicted octanol–water partition coefficient (Wildman–Crippen LogP) is 7.65. The van der Waals surface area contributed by atoms with Crippen LogP contribution in [0.1, 0.15) is 71.1 Å². The molecular weight excluding hydrogens is 540 g/mol. The first kappa shape index (κ1) is 33.5. The summed E-state index contributed by atoms with van der Waals surface area (Å²) in [5.41, 5.74) is -0.890. The molecule has 0 bridgehead atoms. The number of carbonyl (C=O) groups is 1. The first-order valence-corrected chi connectivity index (χ1v) is 14.1. The van der Waals surface area contributed by atoms with Gasteiger partial charge >= 0.3 is 5.97 Å². The summed E-state index contributed by atoms with van der Waals surface area (Å²) in [5.74, 6) is -3.39. The van der Waals surface area contributed by atoms with Crippen molar-refractivity contribution in [2.45, 2.75) is 71.1 Å². The maximum absolute atomic E-state index is 12.1. The summed E-state index contributed by atoms with van der Waals surface area (Å²) >= 11 is 0. The maximum atomic E-state index is 12.1. The number of fused-ring (bicyclic) bond motifs is 1. The highest BCUT2D eigenvalue weighted by atomic mass is 16.4. The highest BCUT2D eigenvalue weighted by molar-refractivity contribution is 5.88. The molecule has 0 spiro atoms. The highest BCUT2D eigenvalue weighted by Crippen LogP contribution is 2.37. The van der Waals surface area contributed by atoms with Crippen LogP contribution in [0.4, 0.5) is 0 Å². The molecule has 226 valence electrons. The van der Waals surface area contributed by atoms with Gasteiger partial charge in [0.2, 0.25) is 11.2 Å². The zero-order chi connectivity index (χ0) is 30.9. The molecule has 6 N–H and O–H groups in total. The van der Waals surface area contributed by atoms with Gasteiger partial charge in [-0.1, -0.05) is 62.6 Å². The molecular formula is C33H40O9. The highest BCUT2D eigenvalue weighted by Gasteiger charge is 2.19. The van der Waals surface area contributed by atoms with E-state index < -0.39 is 28.6 Å². The van der Waals surface area contributed by atoms with Gasteiger partial charge in [-0.15, -0.1) is 0 Å². The molecule has 2 aromatic carbocycles. The molecule has 3 aromatic rings. The van der Waals surface area contributed by atoms with E-state index in [9.17, 15) is 35.1 Å². The van der Waals surface area contributed by atoms with E-state index in [2.05, 4.69) is 43.4 Å². The van der Waals surface area contributed by atoms with Gasteiger partial charge in [0, 0.05) is 24.1 Å². The second-order valence-corrected chi connectivity index (χ2v) is 9.64. The van der Waals surface area contributed by atoms with Gasteiger partial charge in [0.1, 0.15) is 22.5 Å². The number of benzene rings is 2. The Balaban J connectivity index is 0.000000296. The lowest BCUT2D eigenvalue weighted by molar-refractivity contribution is -0.137. The van der Waals surface area contributed by atoms with Crippen molar-refractivity contribution in [3.63, 3.8) is 0 Å². The van der Waals surface area contributed by atoms with Crippen molar-refractivity contribution in [2.24, 2.45) is 0 Å². The Kier molecular flexibility index (Phi) is 14.3. The van der Waals surface area contributed by atoms with E-state index in [0.29, 0.717) is 6.42 Å². The minimum atomic E-state index is -0.888. The Bertz CT molecular complexity index is 1450. The first-order chi connectivity index (χ1) is 20.1. The Morgan fingerprint density at radius 2 is 1.40 bits per heavy atom. The van der Waals surface area contributed by atoms with Crippen LogP contribution in [0.3, 0.4) is 0 Å². The Labute approximate surface area is 245 Å². The SMILES string of the molecule is CC/C=C\C/C=C\C/C=C\CCCCCCCC(=O)O.O=c1c(O)c(-c2ccc(O)c(O)c2)oc2cc(O)cc(O)c12. The zero-order valence-corrected chi connectivity index (χ0v) is 23.8. The van der Waals surface area contributed by atoms with E-state index in [1.165, 1.54) is 18.9 Å². The number of aromatic hydroxyl groups is 5. The normalized spacial score (nSPS) is 11.5. The summed E-state index contributed by atoms with van der Waals surface area (Å²) in [7, 11) is 0. The summed E-state index contributed by atoms with van der Waals surface area (Å²) in [6.07, 6.45) is 23.4. The lowest BCUT2D eigenvalue weighted by atomic mass is 10.1. The summed E-state index contributed by atoms with van der Waals surface area (Å²) in [4.78, 5) is 22.5. The van der Waals surface area contributed by atoms with Crippen LogP contribution in [-0.2, 0) is 4.79 Å². The minimum Gasteiger partial charge on any atom is -0.508 e. The summed E-state index contributed by atoms with van der Waals surface area (Å²) in [6, 6.07) is 5.64. The fraction of sp³-hybridized carbons (Fsp3) is 0.333. The van der Waals surface area contributed by atoms with E-state index >= 15 is 0 Å². The average molecular weight is 581 g/mol. The van der Waals surface area contributed by atoms with Crippen molar-refractivity contribution < 1.29 is 39.9 Å². The Morgan fingerprint density at radius 3 is 2.07 bits per heavy atom. The molecule has 9 heteroatoms. The van der Waals surface area contributed by atoms with E-state index in [0.717, 1.165) is 69.2 Å². The van der Waals surface area contributed by atoms with Crippen LogP contribution < -0.4 is 5.43 Å². The number of carboxylic acids is 1. The average Bonchev–Trinajstić information content (AvgIpc) is 2.94. The van der Waals surface area contributed by atoms with Crippen molar-refractivity contribution >= 4 is 16.9 Å². The largest absolute Gasteiger partial charge is 0.508 e. The molecule has 0 aliphatic rings. The number of unbranched alkanes of at least 4 members (excludes halogenated alkanes) is 5. The molecule has 0 fully saturated rings. The fourth-order valence-electron chi connectivity index (χ4n) is 4.03. The Hall–Kier alpha value is -4.66. The van der Waals surface area contributed by atoms with E-state index in [-0.39, 0.29) is 33.8 Å². The number of rotatable bonds is 14. The van der Waals surface area contributed by atoms with Crippen molar-refractivity contribution in [1.82, 2.24) is 0 Å². The van der Waals surface area contributed by atoms with Gasteiger partial charge < -0.3 is 35.1 Å². The lowest BCUT2D eigenvalue weighted by Gasteiger charge is -2.08. The first-order valence-electron chi connectivity index (χ1n) is 14.1. The number of allylic oxidation sites excluding steroid dienone is 6. The van der Waals surface area contributed by atoms with Gasteiger partial charge in [0.05, 0.1) is 0 Å². The van der Waals surface area contributed by atoms with E-state index in [1.54, 1.807) is 0 Å². The van der Waals surface area contributed by atoms with E-state index in [4.69, 9.17) is 9.52 Å². The van der Waals surface area contributed by atoms with Gasteiger partial charge in [0.15, 0.2) is 17.3 Å². The van der Waals surface area contributed by atoms with Crippen LogP contribution in [0.15, 0.2) is 76.0 Å². The van der Waals surface area contributed by atoms with Crippen molar-refractivity contribution in [1.29, 1.82) is 0 Å². The molecule has 9 nitrogen and oxygen atoms in total. The van der Waals surface area contributed by atoms with Crippen LogP contribution in [0.25, 0.3) is 22.3 Å².